The van der Waals surface area contributed by atoms with Gasteiger partial charge in [0.2, 0.25) is 0 Å². The quantitative estimate of drug-likeness (QED) is 0.777. The average Bonchev–Trinajstić information content (AvgIpc) is 3.15. The van der Waals surface area contributed by atoms with Crippen molar-refractivity contribution in [3.63, 3.8) is 0 Å². The van der Waals surface area contributed by atoms with Crippen molar-refractivity contribution in [2.45, 2.75) is 26.2 Å². The molecule has 0 aliphatic heterocycles. The lowest BCUT2D eigenvalue weighted by Gasteiger charge is -2.11. The number of hydrogen-bond donors (Lipinski definition) is 1. The van der Waals surface area contributed by atoms with Crippen molar-refractivity contribution in [3.05, 3.63) is 65.4 Å². The first-order chi connectivity index (χ1) is 10.7. The van der Waals surface area contributed by atoms with Crippen LogP contribution >= 0.6 is 0 Å². The third-order valence-electron chi connectivity index (χ3n) is 4.55. The summed E-state index contributed by atoms with van der Waals surface area (Å²) in [6, 6.07) is 15.1. The van der Waals surface area contributed by atoms with Gasteiger partial charge < -0.3 is 5.73 Å². The van der Waals surface area contributed by atoms with Gasteiger partial charge in [-0.25, -0.2) is 4.68 Å². The van der Waals surface area contributed by atoms with E-state index in [4.69, 9.17) is 5.73 Å². The molecule has 4 rings (SSSR count). The van der Waals surface area contributed by atoms with Crippen molar-refractivity contribution >= 4 is 5.82 Å². The van der Waals surface area contributed by atoms with Gasteiger partial charge in [-0.1, -0.05) is 30.3 Å². The highest BCUT2D eigenvalue weighted by molar-refractivity contribution is 5.71. The lowest BCUT2D eigenvalue weighted by Crippen LogP contribution is -2.02. The summed E-state index contributed by atoms with van der Waals surface area (Å²) < 4.78 is 1.81. The van der Waals surface area contributed by atoms with Crippen LogP contribution in [0.5, 0.6) is 0 Å². The minimum atomic E-state index is 0.704. The molecule has 0 bridgehead atoms. The number of aryl methyl sites for hydroxylation is 2. The van der Waals surface area contributed by atoms with Crippen molar-refractivity contribution in [1.82, 2.24) is 9.78 Å². The zero-order chi connectivity index (χ0) is 15.1. The monoisotopic (exact) mass is 289 g/mol. The molecule has 1 aliphatic rings. The standard InChI is InChI=1S/C19H19N3/c1-13-12-21-22(19(13)20)16-8-2-7-15(11-16)18-10-4-6-14-5-3-9-17(14)18/h2,4,6-8,10-12H,3,5,9,20H2,1H3. The summed E-state index contributed by atoms with van der Waals surface area (Å²) in [7, 11) is 0. The fraction of sp³-hybridized carbons (Fsp3) is 0.211. The summed E-state index contributed by atoms with van der Waals surface area (Å²) >= 11 is 0. The molecule has 1 aromatic heterocycles. The van der Waals surface area contributed by atoms with E-state index in [9.17, 15) is 0 Å². The number of hydrogen-bond acceptors (Lipinski definition) is 2. The van der Waals surface area contributed by atoms with E-state index in [1.807, 2.05) is 17.8 Å². The molecule has 1 heterocycles. The molecule has 3 heteroatoms. The van der Waals surface area contributed by atoms with E-state index in [1.54, 1.807) is 0 Å². The summed E-state index contributed by atoms with van der Waals surface area (Å²) in [5.74, 6) is 0.704. The molecule has 3 aromatic rings. The Kier molecular flexibility index (Phi) is 3.00. The summed E-state index contributed by atoms with van der Waals surface area (Å²) in [4.78, 5) is 0. The Morgan fingerprint density at radius 1 is 1.09 bits per heavy atom. The van der Waals surface area contributed by atoms with Crippen molar-refractivity contribution in [2.75, 3.05) is 5.73 Å². The number of rotatable bonds is 2. The molecule has 2 aromatic carbocycles. The predicted molar refractivity (Wildman–Crippen MR) is 90.2 cm³/mol. The van der Waals surface area contributed by atoms with E-state index in [1.165, 1.54) is 41.5 Å². The second-order valence-corrected chi connectivity index (χ2v) is 5.97. The lowest BCUT2D eigenvalue weighted by molar-refractivity contribution is 0.891. The number of benzene rings is 2. The third-order valence-corrected chi connectivity index (χ3v) is 4.55. The number of fused-ring (bicyclic) bond motifs is 1. The van der Waals surface area contributed by atoms with Crippen molar-refractivity contribution in [1.29, 1.82) is 0 Å². The van der Waals surface area contributed by atoms with E-state index >= 15 is 0 Å². The highest BCUT2D eigenvalue weighted by Gasteiger charge is 2.15. The minimum Gasteiger partial charge on any atom is -0.383 e. The Hall–Kier alpha value is -2.55. The van der Waals surface area contributed by atoms with E-state index in [0.717, 1.165) is 11.3 Å². The second kappa shape index (κ2) is 5.02. The van der Waals surface area contributed by atoms with E-state index in [0.29, 0.717) is 5.82 Å². The van der Waals surface area contributed by atoms with Crippen LogP contribution in [0.3, 0.4) is 0 Å². The van der Waals surface area contributed by atoms with Crippen LogP contribution in [0.25, 0.3) is 16.8 Å². The van der Waals surface area contributed by atoms with Crippen molar-refractivity contribution in [3.8, 4) is 16.8 Å². The van der Waals surface area contributed by atoms with Gasteiger partial charge in [-0.3, -0.25) is 0 Å². The van der Waals surface area contributed by atoms with Crippen LogP contribution in [0.4, 0.5) is 5.82 Å². The Morgan fingerprint density at radius 3 is 2.77 bits per heavy atom. The van der Waals surface area contributed by atoms with Gasteiger partial charge in [0.1, 0.15) is 5.82 Å². The van der Waals surface area contributed by atoms with Crippen LogP contribution in [0.1, 0.15) is 23.1 Å². The zero-order valence-corrected chi connectivity index (χ0v) is 12.7. The molecule has 0 radical (unpaired) electrons. The largest absolute Gasteiger partial charge is 0.383 e. The third kappa shape index (κ3) is 2.01. The van der Waals surface area contributed by atoms with Crippen LogP contribution in [0.15, 0.2) is 48.7 Å². The molecule has 0 atom stereocenters. The topological polar surface area (TPSA) is 43.8 Å². The van der Waals surface area contributed by atoms with Gasteiger partial charge in [0.15, 0.2) is 0 Å². The molecule has 22 heavy (non-hydrogen) atoms. The smallest absolute Gasteiger partial charge is 0.130 e. The first kappa shape index (κ1) is 13.1. The molecule has 0 amide bonds. The number of aromatic nitrogens is 2. The summed E-state index contributed by atoms with van der Waals surface area (Å²) in [5.41, 5.74) is 13.7. The molecule has 1 aliphatic carbocycles. The number of nitrogens with two attached hydrogens (primary N) is 1. The zero-order valence-electron chi connectivity index (χ0n) is 12.7. The van der Waals surface area contributed by atoms with Crippen LogP contribution in [0, 0.1) is 6.92 Å². The molecular formula is C19H19N3. The maximum atomic E-state index is 6.11. The van der Waals surface area contributed by atoms with Crippen LogP contribution in [0.2, 0.25) is 0 Å². The Labute approximate surface area is 130 Å². The number of nitrogens with zero attached hydrogens (tertiary/aromatic N) is 2. The van der Waals surface area contributed by atoms with Gasteiger partial charge in [-0.05, 0) is 60.6 Å². The van der Waals surface area contributed by atoms with Gasteiger partial charge in [-0.2, -0.15) is 5.10 Å². The van der Waals surface area contributed by atoms with E-state index in [-0.39, 0.29) is 0 Å². The Morgan fingerprint density at radius 2 is 1.95 bits per heavy atom. The SMILES string of the molecule is Cc1cnn(-c2cccc(-c3cccc4c3CCC4)c2)c1N. The molecule has 0 fully saturated rings. The van der Waals surface area contributed by atoms with Crippen LogP contribution in [-0.2, 0) is 12.8 Å². The minimum absolute atomic E-state index is 0.704. The summed E-state index contributed by atoms with van der Waals surface area (Å²) in [5, 5.41) is 4.38. The van der Waals surface area contributed by atoms with E-state index < -0.39 is 0 Å². The molecule has 110 valence electrons. The average molecular weight is 289 g/mol. The molecule has 0 saturated heterocycles. The Bertz CT molecular complexity index is 846. The summed E-state index contributed by atoms with van der Waals surface area (Å²) in [6.07, 6.45) is 5.45. The van der Waals surface area contributed by atoms with Gasteiger partial charge in [0.05, 0.1) is 11.9 Å². The maximum Gasteiger partial charge on any atom is 0.130 e. The van der Waals surface area contributed by atoms with Gasteiger partial charge in [0.25, 0.3) is 0 Å². The van der Waals surface area contributed by atoms with Crippen LogP contribution in [-0.4, -0.2) is 9.78 Å². The first-order valence-corrected chi connectivity index (χ1v) is 7.76. The highest BCUT2D eigenvalue weighted by Crippen LogP contribution is 2.33. The van der Waals surface area contributed by atoms with Gasteiger partial charge in [0, 0.05) is 5.56 Å². The molecule has 0 unspecified atom stereocenters. The summed E-state index contributed by atoms with van der Waals surface area (Å²) in [6.45, 7) is 1.98. The predicted octanol–water partition coefficient (Wildman–Crippen LogP) is 3.92. The molecule has 2 N–H and O–H groups in total. The fourth-order valence-electron chi connectivity index (χ4n) is 3.34. The number of nitrogen functional groups attached to an aromatic ring is 1. The van der Waals surface area contributed by atoms with Crippen LogP contribution < -0.4 is 5.73 Å². The van der Waals surface area contributed by atoms with Crippen molar-refractivity contribution < 1.29 is 0 Å². The first-order valence-electron chi connectivity index (χ1n) is 7.76. The van der Waals surface area contributed by atoms with Gasteiger partial charge in [-0.15, -0.1) is 0 Å². The lowest BCUT2D eigenvalue weighted by atomic mass is 9.96. The number of anilines is 1. The highest BCUT2D eigenvalue weighted by atomic mass is 15.3. The fourth-order valence-corrected chi connectivity index (χ4v) is 3.34. The molecule has 0 saturated carbocycles. The second-order valence-electron chi connectivity index (χ2n) is 5.97. The van der Waals surface area contributed by atoms with E-state index in [2.05, 4.69) is 47.6 Å². The normalized spacial score (nSPS) is 13.3. The Balaban J connectivity index is 1.83. The van der Waals surface area contributed by atoms with Gasteiger partial charge >= 0.3 is 0 Å². The molecular weight excluding hydrogens is 270 g/mol. The van der Waals surface area contributed by atoms with Crippen molar-refractivity contribution in [2.24, 2.45) is 0 Å². The maximum absolute atomic E-state index is 6.11. The molecule has 0 spiro atoms. The molecule has 3 nitrogen and oxygen atoms in total.